The molecule has 0 saturated carbocycles. The number of ether oxygens (including phenoxy) is 1. The Hall–Kier alpha value is -1.89. The lowest BCUT2D eigenvalue weighted by Gasteiger charge is -2.13. The minimum atomic E-state index is -4.93. The van der Waals surface area contributed by atoms with Crippen LogP contribution in [0.4, 0.5) is 18.9 Å². The molecule has 4 nitrogen and oxygen atoms in total. The highest BCUT2D eigenvalue weighted by molar-refractivity contribution is 6.32. The second kappa shape index (κ2) is 5.18. The molecule has 1 aromatic rings. The number of halogens is 4. The minimum Gasteiger partial charge on any atom is -0.478 e. The fourth-order valence-electron chi connectivity index (χ4n) is 1.14. The fourth-order valence-corrected chi connectivity index (χ4v) is 1.42. The molecular formula is C10H7ClF3NO3. The molecule has 1 rings (SSSR count). The number of nitrogen functional groups attached to an aromatic ring is 1. The van der Waals surface area contributed by atoms with Gasteiger partial charge in [0.05, 0.1) is 5.02 Å². The Morgan fingerprint density at radius 1 is 1.44 bits per heavy atom. The molecule has 0 unspecified atom stereocenters. The van der Waals surface area contributed by atoms with E-state index in [4.69, 9.17) is 22.4 Å². The number of carboxylic acid groups (broad SMARTS) is 1. The van der Waals surface area contributed by atoms with Crippen LogP contribution in [-0.2, 0) is 4.79 Å². The Morgan fingerprint density at radius 2 is 2.06 bits per heavy atom. The van der Waals surface area contributed by atoms with Gasteiger partial charge in [0.2, 0.25) is 0 Å². The van der Waals surface area contributed by atoms with E-state index in [1.807, 2.05) is 0 Å². The fraction of sp³-hybridized carbons (Fsp3) is 0.100. The standard InChI is InChI=1S/C10H7ClF3NO3/c11-7-3-5(15)4-8(18-10(12,13)14)6(7)1-2-9(16)17/h1-4H,15H2,(H,16,17)/b2-1+. The van der Waals surface area contributed by atoms with Crippen LogP contribution in [0.15, 0.2) is 18.2 Å². The van der Waals surface area contributed by atoms with E-state index in [0.29, 0.717) is 6.08 Å². The Morgan fingerprint density at radius 3 is 2.56 bits per heavy atom. The lowest BCUT2D eigenvalue weighted by molar-refractivity contribution is -0.274. The highest BCUT2D eigenvalue weighted by Crippen LogP contribution is 2.34. The summed E-state index contributed by atoms with van der Waals surface area (Å²) in [4.78, 5) is 10.3. The predicted molar refractivity (Wildman–Crippen MR) is 59.2 cm³/mol. The van der Waals surface area contributed by atoms with Crippen LogP contribution in [0.3, 0.4) is 0 Å². The van der Waals surface area contributed by atoms with E-state index >= 15 is 0 Å². The van der Waals surface area contributed by atoms with Crippen molar-refractivity contribution in [1.29, 1.82) is 0 Å². The summed E-state index contributed by atoms with van der Waals surface area (Å²) < 4.78 is 40.1. The van der Waals surface area contributed by atoms with Gasteiger partial charge < -0.3 is 15.6 Å². The maximum absolute atomic E-state index is 12.1. The van der Waals surface area contributed by atoms with Gasteiger partial charge in [-0.25, -0.2) is 4.79 Å². The maximum atomic E-state index is 12.1. The summed E-state index contributed by atoms with van der Waals surface area (Å²) in [6.07, 6.45) is -3.39. The summed E-state index contributed by atoms with van der Waals surface area (Å²) >= 11 is 5.68. The molecule has 0 atom stereocenters. The molecule has 0 spiro atoms. The first-order chi connectivity index (χ1) is 8.19. The van der Waals surface area contributed by atoms with E-state index in [0.717, 1.165) is 12.1 Å². The van der Waals surface area contributed by atoms with Crippen molar-refractivity contribution in [2.75, 3.05) is 5.73 Å². The second-order valence-corrected chi connectivity index (χ2v) is 3.54. The molecule has 0 aromatic heterocycles. The zero-order valence-corrected chi connectivity index (χ0v) is 9.42. The smallest absolute Gasteiger partial charge is 0.478 e. The Kier molecular flexibility index (Phi) is 4.07. The summed E-state index contributed by atoms with van der Waals surface area (Å²) in [5.41, 5.74) is 5.08. The molecule has 0 aliphatic rings. The predicted octanol–water partition coefficient (Wildman–Crippen LogP) is 2.92. The van der Waals surface area contributed by atoms with Crippen LogP contribution in [0.25, 0.3) is 6.08 Å². The topological polar surface area (TPSA) is 72.6 Å². The molecule has 3 N–H and O–H groups in total. The van der Waals surface area contributed by atoms with Crippen LogP contribution in [0, 0.1) is 0 Å². The summed E-state index contributed by atoms with van der Waals surface area (Å²) in [7, 11) is 0. The first kappa shape index (κ1) is 14.2. The number of nitrogens with two attached hydrogens (primary N) is 1. The Balaban J connectivity index is 3.25. The highest BCUT2D eigenvalue weighted by Gasteiger charge is 2.32. The molecule has 0 bridgehead atoms. The molecule has 8 heteroatoms. The molecule has 98 valence electrons. The average Bonchev–Trinajstić information content (AvgIpc) is 2.12. The van der Waals surface area contributed by atoms with Crippen LogP contribution in [0.5, 0.6) is 5.75 Å². The molecule has 18 heavy (non-hydrogen) atoms. The van der Waals surface area contributed by atoms with Gasteiger partial charge in [0.15, 0.2) is 0 Å². The van der Waals surface area contributed by atoms with Gasteiger partial charge in [0.25, 0.3) is 0 Å². The molecule has 0 amide bonds. The third-order valence-corrected chi connectivity index (χ3v) is 2.04. The van der Waals surface area contributed by atoms with Crippen molar-refractivity contribution in [3.63, 3.8) is 0 Å². The average molecular weight is 282 g/mol. The monoisotopic (exact) mass is 281 g/mol. The summed E-state index contributed by atoms with van der Waals surface area (Å²) in [6.45, 7) is 0. The number of alkyl halides is 3. The number of hydrogen-bond acceptors (Lipinski definition) is 3. The molecule has 0 aliphatic heterocycles. The zero-order chi connectivity index (χ0) is 13.9. The quantitative estimate of drug-likeness (QED) is 0.660. The van der Waals surface area contributed by atoms with Crippen LogP contribution >= 0.6 is 11.6 Å². The van der Waals surface area contributed by atoms with E-state index in [9.17, 15) is 18.0 Å². The van der Waals surface area contributed by atoms with E-state index in [1.54, 1.807) is 0 Å². The van der Waals surface area contributed by atoms with Gasteiger partial charge in [-0.15, -0.1) is 13.2 Å². The molecule has 0 saturated heterocycles. The van der Waals surface area contributed by atoms with Gasteiger partial charge in [-0.2, -0.15) is 0 Å². The van der Waals surface area contributed by atoms with Gasteiger partial charge in [0, 0.05) is 23.4 Å². The normalized spacial score (nSPS) is 11.8. The number of hydrogen-bond donors (Lipinski definition) is 2. The summed E-state index contributed by atoms with van der Waals surface area (Å²) in [6, 6.07) is 2.09. The third kappa shape index (κ3) is 4.17. The summed E-state index contributed by atoms with van der Waals surface area (Å²) in [5, 5.41) is 8.28. The van der Waals surface area contributed by atoms with Crippen LogP contribution in [0.1, 0.15) is 5.56 Å². The van der Waals surface area contributed by atoms with Crippen LogP contribution in [-0.4, -0.2) is 17.4 Å². The first-order valence-electron chi connectivity index (χ1n) is 4.45. The number of rotatable bonds is 3. The molecule has 0 fully saturated rings. The molecule has 0 aliphatic carbocycles. The van der Waals surface area contributed by atoms with Crippen molar-refractivity contribution < 1.29 is 27.8 Å². The van der Waals surface area contributed by atoms with Crippen molar-refractivity contribution in [3.05, 3.63) is 28.8 Å². The van der Waals surface area contributed by atoms with E-state index in [-0.39, 0.29) is 16.3 Å². The lowest BCUT2D eigenvalue weighted by atomic mass is 10.1. The SMILES string of the molecule is Nc1cc(Cl)c(/C=C/C(=O)O)c(OC(F)(F)F)c1. The van der Waals surface area contributed by atoms with Crippen LogP contribution in [0.2, 0.25) is 5.02 Å². The van der Waals surface area contributed by atoms with Gasteiger partial charge in [-0.3, -0.25) is 0 Å². The van der Waals surface area contributed by atoms with Crippen LogP contribution < -0.4 is 10.5 Å². The lowest BCUT2D eigenvalue weighted by Crippen LogP contribution is -2.18. The van der Waals surface area contributed by atoms with E-state index in [1.165, 1.54) is 6.07 Å². The van der Waals surface area contributed by atoms with Gasteiger partial charge in [-0.05, 0) is 12.1 Å². The van der Waals surface area contributed by atoms with Crippen molar-refractivity contribution in [1.82, 2.24) is 0 Å². The number of carbonyl (C=O) groups is 1. The largest absolute Gasteiger partial charge is 0.573 e. The van der Waals surface area contributed by atoms with Crippen molar-refractivity contribution in [2.45, 2.75) is 6.36 Å². The number of aliphatic carboxylic acids is 1. The highest BCUT2D eigenvalue weighted by atomic mass is 35.5. The minimum absolute atomic E-state index is 0.0354. The van der Waals surface area contributed by atoms with E-state index in [2.05, 4.69) is 4.74 Å². The van der Waals surface area contributed by atoms with Gasteiger partial charge in [0.1, 0.15) is 5.75 Å². The number of anilines is 1. The van der Waals surface area contributed by atoms with Gasteiger partial charge >= 0.3 is 12.3 Å². The van der Waals surface area contributed by atoms with Gasteiger partial charge in [-0.1, -0.05) is 11.6 Å². The Labute approximate surface area is 104 Å². The molecular weight excluding hydrogens is 275 g/mol. The number of carboxylic acids is 1. The maximum Gasteiger partial charge on any atom is 0.573 e. The van der Waals surface area contributed by atoms with E-state index < -0.39 is 18.1 Å². The molecule has 0 radical (unpaired) electrons. The third-order valence-electron chi connectivity index (χ3n) is 1.73. The Bertz CT molecular complexity index is 500. The van der Waals surface area contributed by atoms with Crippen molar-refractivity contribution in [2.24, 2.45) is 0 Å². The molecule has 1 aromatic carbocycles. The first-order valence-corrected chi connectivity index (χ1v) is 4.82. The van der Waals surface area contributed by atoms with Crippen molar-refractivity contribution in [3.8, 4) is 5.75 Å². The number of benzene rings is 1. The van der Waals surface area contributed by atoms with Crippen molar-refractivity contribution >= 4 is 29.3 Å². The second-order valence-electron chi connectivity index (χ2n) is 3.13. The molecule has 0 heterocycles. The summed E-state index contributed by atoms with van der Waals surface area (Å²) in [5.74, 6) is -1.99. The zero-order valence-electron chi connectivity index (χ0n) is 8.66.